The van der Waals surface area contributed by atoms with Crippen molar-refractivity contribution in [1.82, 2.24) is 0 Å². The fourth-order valence-electron chi connectivity index (χ4n) is 2.25. The molecule has 3 rings (SSSR count). The standard InChI is InChI=1S/C17H14Cl2N2O4S3/c1-11-2-7-14(27(22,23)20-13-5-3-12(18)4-6-13)10-15(11)21-28(24,25)17-9-8-16(19)26-17/h2-10,20-21H,1H3. The molecule has 0 amide bonds. The Hall–Kier alpha value is -1.78. The third kappa shape index (κ3) is 4.79. The highest BCUT2D eigenvalue weighted by Crippen LogP contribution is 2.29. The van der Waals surface area contributed by atoms with Gasteiger partial charge in [-0.1, -0.05) is 29.3 Å². The Morgan fingerprint density at radius 1 is 0.821 bits per heavy atom. The summed E-state index contributed by atoms with van der Waals surface area (Å²) < 4.78 is 55.5. The molecule has 28 heavy (non-hydrogen) atoms. The van der Waals surface area contributed by atoms with Gasteiger partial charge in [0.25, 0.3) is 20.0 Å². The van der Waals surface area contributed by atoms with E-state index in [-0.39, 0.29) is 14.8 Å². The average molecular weight is 477 g/mol. The maximum Gasteiger partial charge on any atom is 0.271 e. The third-order valence-electron chi connectivity index (χ3n) is 3.67. The minimum atomic E-state index is -3.93. The molecule has 0 bridgehead atoms. The van der Waals surface area contributed by atoms with Gasteiger partial charge < -0.3 is 0 Å². The molecule has 148 valence electrons. The van der Waals surface area contributed by atoms with Crippen molar-refractivity contribution in [1.29, 1.82) is 0 Å². The minimum Gasteiger partial charge on any atom is -0.280 e. The van der Waals surface area contributed by atoms with Crippen LogP contribution in [0.2, 0.25) is 9.36 Å². The van der Waals surface area contributed by atoms with Gasteiger partial charge in [0.05, 0.1) is 14.9 Å². The molecule has 1 heterocycles. The summed E-state index contributed by atoms with van der Waals surface area (Å²) in [6, 6.07) is 13.2. The highest BCUT2D eigenvalue weighted by atomic mass is 35.5. The van der Waals surface area contributed by atoms with Crippen LogP contribution in [0.5, 0.6) is 0 Å². The summed E-state index contributed by atoms with van der Waals surface area (Å²) in [6.45, 7) is 1.67. The van der Waals surface area contributed by atoms with Crippen LogP contribution in [0.15, 0.2) is 63.7 Å². The van der Waals surface area contributed by atoms with Crippen molar-refractivity contribution in [2.24, 2.45) is 0 Å². The van der Waals surface area contributed by atoms with E-state index in [0.717, 1.165) is 11.3 Å². The van der Waals surface area contributed by atoms with Gasteiger partial charge in [0.15, 0.2) is 0 Å². The largest absolute Gasteiger partial charge is 0.280 e. The smallest absolute Gasteiger partial charge is 0.271 e. The first-order valence-electron chi connectivity index (χ1n) is 7.74. The van der Waals surface area contributed by atoms with Crippen molar-refractivity contribution in [2.45, 2.75) is 16.0 Å². The molecule has 1 aromatic heterocycles. The van der Waals surface area contributed by atoms with Crippen molar-refractivity contribution < 1.29 is 16.8 Å². The number of hydrogen-bond donors (Lipinski definition) is 2. The van der Waals surface area contributed by atoms with Crippen LogP contribution in [0.1, 0.15) is 5.56 Å². The lowest BCUT2D eigenvalue weighted by Crippen LogP contribution is -2.15. The second-order valence-electron chi connectivity index (χ2n) is 5.75. The highest BCUT2D eigenvalue weighted by molar-refractivity contribution is 7.94. The summed E-state index contributed by atoms with van der Waals surface area (Å²) in [7, 11) is -7.81. The van der Waals surface area contributed by atoms with Crippen LogP contribution >= 0.6 is 34.5 Å². The van der Waals surface area contributed by atoms with E-state index < -0.39 is 20.0 Å². The van der Waals surface area contributed by atoms with Crippen LogP contribution in [0.25, 0.3) is 0 Å². The van der Waals surface area contributed by atoms with Crippen LogP contribution < -0.4 is 9.44 Å². The monoisotopic (exact) mass is 476 g/mol. The van der Waals surface area contributed by atoms with Gasteiger partial charge in [0, 0.05) is 10.7 Å². The summed E-state index contributed by atoms with van der Waals surface area (Å²) in [6.07, 6.45) is 0. The number of sulfonamides is 2. The summed E-state index contributed by atoms with van der Waals surface area (Å²) in [5, 5.41) is 0.476. The summed E-state index contributed by atoms with van der Waals surface area (Å²) in [5.41, 5.74) is 1.06. The molecule has 0 unspecified atom stereocenters. The Morgan fingerprint density at radius 3 is 2.11 bits per heavy atom. The predicted molar refractivity (Wildman–Crippen MR) is 114 cm³/mol. The Balaban J connectivity index is 1.91. The molecule has 0 aliphatic carbocycles. The number of hydrogen-bond acceptors (Lipinski definition) is 5. The van der Waals surface area contributed by atoms with Crippen molar-refractivity contribution in [3.8, 4) is 0 Å². The van der Waals surface area contributed by atoms with E-state index in [4.69, 9.17) is 23.2 Å². The van der Waals surface area contributed by atoms with Gasteiger partial charge in [0.2, 0.25) is 0 Å². The highest BCUT2D eigenvalue weighted by Gasteiger charge is 2.20. The number of benzene rings is 2. The molecule has 0 radical (unpaired) electrons. The van der Waals surface area contributed by atoms with Crippen molar-refractivity contribution in [3.63, 3.8) is 0 Å². The van der Waals surface area contributed by atoms with E-state index in [0.29, 0.717) is 20.6 Å². The first-order chi connectivity index (χ1) is 13.1. The lowest BCUT2D eigenvalue weighted by Gasteiger charge is -2.13. The van der Waals surface area contributed by atoms with E-state index >= 15 is 0 Å². The molecule has 0 atom stereocenters. The lowest BCUT2D eigenvalue weighted by molar-refractivity contribution is 0.599. The van der Waals surface area contributed by atoms with Crippen molar-refractivity contribution >= 4 is 66.0 Å². The molecule has 0 aliphatic rings. The number of halogens is 2. The van der Waals surface area contributed by atoms with Gasteiger partial charge in [-0.15, -0.1) is 11.3 Å². The van der Waals surface area contributed by atoms with Crippen LogP contribution in [-0.2, 0) is 20.0 Å². The van der Waals surface area contributed by atoms with E-state index in [2.05, 4.69) is 9.44 Å². The zero-order valence-electron chi connectivity index (χ0n) is 14.3. The first-order valence-corrected chi connectivity index (χ1v) is 12.3. The van der Waals surface area contributed by atoms with E-state index in [1.165, 1.54) is 42.5 Å². The number of rotatable bonds is 6. The Labute approximate surface area is 177 Å². The van der Waals surface area contributed by atoms with Gasteiger partial charge in [-0.3, -0.25) is 9.44 Å². The quantitative estimate of drug-likeness (QED) is 0.525. The molecule has 0 saturated heterocycles. The zero-order chi connectivity index (χ0) is 20.5. The predicted octanol–water partition coefficient (Wildman–Crippen LogP) is 4.96. The normalized spacial score (nSPS) is 12.0. The zero-order valence-corrected chi connectivity index (χ0v) is 18.3. The maximum absolute atomic E-state index is 12.7. The van der Waals surface area contributed by atoms with E-state index in [1.807, 2.05) is 0 Å². The van der Waals surface area contributed by atoms with Crippen LogP contribution in [-0.4, -0.2) is 16.8 Å². The van der Waals surface area contributed by atoms with Gasteiger partial charge >= 0.3 is 0 Å². The molecule has 2 aromatic carbocycles. The SMILES string of the molecule is Cc1ccc(S(=O)(=O)Nc2ccc(Cl)cc2)cc1NS(=O)(=O)c1ccc(Cl)s1. The van der Waals surface area contributed by atoms with Gasteiger partial charge in [-0.05, 0) is 61.0 Å². The molecule has 0 spiro atoms. The molecule has 0 aliphatic heterocycles. The maximum atomic E-state index is 12.7. The molecular formula is C17H14Cl2N2O4S3. The average Bonchev–Trinajstić information content (AvgIpc) is 3.06. The molecule has 11 heteroatoms. The summed E-state index contributed by atoms with van der Waals surface area (Å²) in [5.74, 6) is 0. The Morgan fingerprint density at radius 2 is 1.50 bits per heavy atom. The first kappa shape index (κ1) is 20.9. The molecule has 0 saturated carbocycles. The van der Waals surface area contributed by atoms with Gasteiger partial charge in [0.1, 0.15) is 4.21 Å². The van der Waals surface area contributed by atoms with Gasteiger partial charge in [-0.25, -0.2) is 16.8 Å². The number of thiophene rings is 1. The molecule has 2 N–H and O–H groups in total. The van der Waals surface area contributed by atoms with Crippen molar-refractivity contribution in [2.75, 3.05) is 9.44 Å². The van der Waals surface area contributed by atoms with Gasteiger partial charge in [-0.2, -0.15) is 0 Å². The lowest BCUT2D eigenvalue weighted by atomic mass is 10.2. The number of aryl methyl sites for hydroxylation is 1. The van der Waals surface area contributed by atoms with Crippen molar-refractivity contribution in [3.05, 3.63) is 69.5 Å². The molecular weight excluding hydrogens is 463 g/mol. The Kier molecular flexibility index (Phi) is 5.92. The molecule has 0 fully saturated rings. The van der Waals surface area contributed by atoms with Crippen LogP contribution in [0.4, 0.5) is 11.4 Å². The van der Waals surface area contributed by atoms with E-state index in [9.17, 15) is 16.8 Å². The molecule has 6 nitrogen and oxygen atoms in total. The summed E-state index contributed by atoms with van der Waals surface area (Å²) in [4.78, 5) is -0.0880. The Bertz CT molecular complexity index is 1220. The second-order valence-corrected chi connectivity index (χ2v) is 11.5. The number of nitrogens with one attached hydrogen (secondary N) is 2. The number of anilines is 2. The van der Waals surface area contributed by atoms with Crippen LogP contribution in [0.3, 0.4) is 0 Å². The molecule has 3 aromatic rings. The topological polar surface area (TPSA) is 92.3 Å². The second kappa shape index (κ2) is 7.92. The minimum absolute atomic E-state index is 0.0319. The van der Waals surface area contributed by atoms with Crippen LogP contribution in [0, 0.1) is 6.92 Å². The fraction of sp³-hybridized carbons (Fsp3) is 0.0588. The summed E-state index contributed by atoms with van der Waals surface area (Å²) >= 11 is 12.5. The third-order valence-corrected chi connectivity index (χ3v) is 8.39. The van der Waals surface area contributed by atoms with E-state index in [1.54, 1.807) is 19.1 Å². The fourth-order valence-corrected chi connectivity index (χ4v) is 6.06.